The Labute approximate surface area is 108 Å². The molecule has 0 spiro atoms. The maximum absolute atomic E-state index is 9.51. The number of aliphatic hydroxyl groups is 1. The van der Waals surface area contributed by atoms with E-state index in [1.54, 1.807) is 6.92 Å². The lowest BCUT2D eigenvalue weighted by atomic mass is 10.1. The second-order valence-corrected chi connectivity index (χ2v) is 4.53. The van der Waals surface area contributed by atoms with E-state index >= 15 is 0 Å². The first kappa shape index (κ1) is 12.7. The second-order valence-electron chi connectivity index (χ2n) is 4.53. The minimum Gasteiger partial charge on any atom is -0.489 e. The highest BCUT2D eigenvalue weighted by atomic mass is 16.5. The lowest BCUT2D eigenvalue weighted by Crippen LogP contribution is -1.97. The first-order valence-corrected chi connectivity index (χ1v) is 6.11. The Bertz CT molecular complexity index is 518. The van der Waals surface area contributed by atoms with Crippen molar-refractivity contribution < 1.29 is 9.84 Å². The Kier molecular flexibility index (Phi) is 4.00. The molecule has 0 bridgehead atoms. The topological polar surface area (TPSA) is 29.5 Å². The lowest BCUT2D eigenvalue weighted by Gasteiger charge is -2.10. The monoisotopic (exact) mass is 242 g/mol. The number of hydrogen-bond donors (Lipinski definition) is 1. The maximum atomic E-state index is 9.51. The normalized spacial score (nSPS) is 12.2. The number of aliphatic hydroxyl groups excluding tert-OH is 1. The zero-order valence-electron chi connectivity index (χ0n) is 10.8. The Morgan fingerprint density at radius 1 is 1.11 bits per heavy atom. The molecule has 94 valence electrons. The summed E-state index contributed by atoms with van der Waals surface area (Å²) in [6.07, 6.45) is -0.465. The molecule has 1 atom stereocenters. The van der Waals surface area contributed by atoms with E-state index in [-0.39, 0.29) is 0 Å². The summed E-state index contributed by atoms with van der Waals surface area (Å²) in [6, 6.07) is 15.8. The predicted octanol–water partition coefficient (Wildman–Crippen LogP) is 3.63. The third-order valence-corrected chi connectivity index (χ3v) is 2.83. The highest BCUT2D eigenvalue weighted by Gasteiger charge is 2.02. The van der Waals surface area contributed by atoms with Crippen LogP contribution in [0.4, 0.5) is 0 Å². The molecular weight excluding hydrogens is 224 g/mol. The molecule has 0 aliphatic rings. The van der Waals surface area contributed by atoms with Crippen LogP contribution in [-0.4, -0.2) is 5.11 Å². The summed E-state index contributed by atoms with van der Waals surface area (Å²) in [4.78, 5) is 0. The van der Waals surface area contributed by atoms with Crippen molar-refractivity contribution in [2.45, 2.75) is 26.6 Å². The Morgan fingerprint density at radius 2 is 1.89 bits per heavy atom. The van der Waals surface area contributed by atoms with Crippen LogP contribution in [0.15, 0.2) is 48.5 Å². The molecule has 0 unspecified atom stereocenters. The van der Waals surface area contributed by atoms with Crippen molar-refractivity contribution in [2.24, 2.45) is 0 Å². The van der Waals surface area contributed by atoms with E-state index in [1.807, 2.05) is 36.4 Å². The van der Waals surface area contributed by atoms with Crippen molar-refractivity contribution in [1.82, 2.24) is 0 Å². The first-order valence-electron chi connectivity index (χ1n) is 6.11. The van der Waals surface area contributed by atoms with Gasteiger partial charge in [0.05, 0.1) is 6.10 Å². The van der Waals surface area contributed by atoms with E-state index in [9.17, 15) is 5.11 Å². The van der Waals surface area contributed by atoms with Gasteiger partial charge in [-0.1, -0.05) is 42.0 Å². The molecule has 0 saturated heterocycles. The Hall–Kier alpha value is -1.80. The highest BCUT2D eigenvalue weighted by Crippen LogP contribution is 2.19. The molecule has 0 aromatic heterocycles. The molecule has 0 aliphatic heterocycles. The molecule has 2 aromatic rings. The standard InChI is InChI=1S/C16H18O2/c1-12-5-3-6-14(9-12)11-18-16-8-4-7-15(10-16)13(2)17/h3-10,13,17H,11H2,1-2H3/t13-/m0/s1. The number of hydrogen-bond acceptors (Lipinski definition) is 2. The van der Waals surface area contributed by atoms with Crippen LogP contribution in [0.2, 0.25) is 0 Å². The van der Waals surface area contributed by atoms with Crippen LogP contribution in [-0.2, 0) is 6.61 Å². The molecule has 2 nitrogen and oxygen atoms in total. The molecule has 0 heterocycles. The number of ether oxygens (including phenoxy) is 1. The average molecular weight is 242 g/mol. The van der Waals surface area contributed by atoms with Gasteiger partial charge in [0.1, 0.15) is 12.4 Å². The largest absolute Gasteiger partial charge is 0.489 e. The zero-order chi connectivity index (χ0) is 13.0. The van der Waals surface area contributed by atoms with Crippen LogP contribution >= 0.6 is 0 Å². The lowest BCUT2D eigenvalue weighted by molar-refractivity contribution is 0.198. The van der Waals surface area contributed by atoms with Gasteiger partial charge in [0.25, 0.3) is 0 Å². The summed E-state index contributed by atoms with van der Waals surface area (Å²) in [5, 5.41) is 9.51. The minimum absolute atomic E-state index is 0.465. The van der Waals surface area contributed by atoms with Crippen molar-refractivity contribution in [1.29, 1.82) is 0 Å². The van der Waals surface area contributed by atoms with E-state index in [0.717, 1.165) is 16.9 Å². The summed E-state index contributed by atoms with van der Waals surface area (Å²) in [5.41, 5.74) is 3.25. The summed E-state index contributed by atoms with van der Waals surface area (Å²) < 4.78 is 5.73. The first-order chi connectivity index (χ1) is 8.65. The second kappa shape index (κ2) is 5.69. The fourth-order valence-electron chi connectivity index (χ4n) is 1.83. The molecule has 0 aliphatic carbocycles. The van der Waals surface area contributed by atoms with E-state index in [2.05, 4.69) is 19.1 Å². The average Bonchev–Trinajstić information content (AvgIpc) is 2.37. The van der Waals surface area contributed by atoms with Crippen molar-refractivity contribution in [3.05, 3.63) is 65.2 Å². The molecule has 1 N–H and O–H groups in total. The van der Waals surface area contributed by atoms with Gasteiger partial charge in [-0.25, -0.2) is 0 Å². The van der Waals surface area contributed by atoms with Crippen LogP contribution in [0, 0.1) is 6.92 Å². The van der Waals surface area contributed by atoms with Gasteiger partial charge in [0.15, 0.2) is 0 Å². The summed E-state index contributed by atoms with van der Waals surface area (Å²) in [6.45, 7) is 4.36. The minimum atomic E-state index is -0.465. The van der Waals surface area contributed by atoms with Crippen LogP contribution in [0.1, 0.15) is 29.7 Å². The zero-order valence-corrected chi connectivity index (χ0v) is 10.8. The molecule has 18 heavy (non-hydrogen) atoms. The number of benzene rings is 2. The summed E-state index contributed by atoms with van der Waals surface area (Å²) in [7, 11) is 0. The third kappa shape index (κ3) is 3.34. The van der Waals surface area contributed by atoms with Gasteiger partial charge in [-0.2, -0.15) is 0 Å². The molecule has 0 saturated carbocycles. The highest BCUT2D eigenvalue weighted by molar-refractivity contribution is 5.30. The van der Waals surface area contributed by atoms with Crippen LogP contribution in [0.25, 0.3) is 0 Å². The van der Waals surface area contributed by atoms with E-state index < -0.39 is 6.10 Å². The third-order valence-electron chi connectivity index (χ3n) is 2.83. The fraction of sp³-hybridized carbons (Fsp3) is 0.250. The van der Waals surface area contributed by atoms with Gasteiger partial charge in [0.2, 0.25) is 0 Å². The maximum Gasteiger partial charge on any atom is 0.120 e. The van der Waals surface area contributed by atoms with Gasteiger partial charge >= 0.3 is 0 Å². The van der Waals surface area contributed by atoms with Gasteiger partial charge in [-0.05, 0) is 37.1 Å². The van der Waals surface area contributed by atoms with E-state index in [4.69, 9.17) is 4.74 Å². The SMILES string of the molecule is Cc1cccc(COc2cccc([C@H](C)O)c2)c1. The van der Waals surface area contributed by atoms with Crippen LogP contribution in [0.3, 0.4) is 0 Å². The van der Waals surface area contributed by atoms with Crippen LogP contribution in [0.5, 0.6) is 5.75 Å². The van der Waals surface area contributed by atoms with E-state index in [1.165, 1.54) is 5.56 Å². The summed E-state index contributed by atoms with van der Waals surface area (Å²) in [5.74, 6) is 0.787. The number of rotatable bonds is 4. The quantitative estimate of drug-likeness (QED) is 0.887. The van der Waals surface area contributed by atoms with Crippen molar-refractivity contribution >= 4 is 0 Å². The van der Waals surface area contributed by atoms with Gasteiger partial charge in [-0.15, -0.1) is 0 Å². The fourth-order valence-corrected chi connectivity index (χ4v) is 1.83. The van der Waals surface area contributed by atoms with Crippen LogP contribution < -0.4 is 4.74 Å². The summed E-state index contributed by atoms with van der Waals surface area (Å²) >= 11 is 0. The van der Waals surface area contributed by atoms with Crippen molar-refractivity contribution in [3.8, 4) is 5.75 Å². The molecule has 2 aromatic carbocycles. The van der Waals surface area contributed by atoms with Gasteiger partial charge in [-0.3, -0.25) is 0 Å². The molecule has 0 fully saturated rings. The molecule has 0 amide bonds. The predicted molar refractivity (Wildman–Crippen MR) is 72.6 cm³/mol. The molecule has 2 rings (SSSR count). The van der Waals surface area contributed by atoms with Gasteiger partial charge in [0, 0.05) is 0 Å². The van der Waals surface area contributed by atoms with E-state index in [0.29, 0.717) is 6.61 Å². The Morgan fingerprint density at radius 3 is 2.61 bits per heavy atom. The van der Waals surface area contributed by atoms with Crippen molar-refractivity contribution in [2.75, 3.05) is 0 Å². The van der Waals surface area contributed by atoms with Gasteiger partial charge < -0.3 is 9.84 Å². The molecule has 2 heteroatoms. The number of aryl methyl sites for hydroxylation is 1. The Balaban J connectivity index is 2.04. The van der Waals surface area contributed by atoms with Crippen molar-refractivity contribution in [3.63, 3.8) is 0 Å². The molecule has 0 radical (unpaired) electrons. The smallest absolute Gasteiger partial charge is 0.120 e. The molecular formula is C16H18O2.